The highest BCUT2D eigenvalue weighted by Gasteiger charge is 2.29. The number of carbonyl (C=O) groups is 1. The number of anilines is 1. The third kappa shape index (κ3) is 5.57. The minimum absolute atomic E-state index is 0.323. The van der Waals surface area contributed by atoms with Crippen LogP contribution in [0.4, 0.5) is 32.4 Å². The van der Waals surface area contributed by atoms with E-state index in [1.165, 1.54) is 0 Å². The second kappa shape index (κ2) is 9.55. The summed E-state index contributed by atoms with van der Waals surface area (Å²) in [6.07, 6.45) is -1.61. The Bertz CT molecular complexity index is 846. The van der Waals surface area contributed by atoms with Crippen molar-refractivity contribution in [2.24, 2.45) is 0 Å². The summed E-state index contributed by atoms with van der Waals surface area (Å²) in [5.41, 5.74) is 1.45. The lowest BCUT2D eigenvalue weighted by molar-refractivity contribution is 0.0887. The molecule has 0 bridgehead atoms. The summed E-state index contributed by atoms with van der Waals surface area (Å²) in [7, 11) is 5.83. The smallest absolute Gasteiger partial charge is 0.429 e. The molecule has 0 aliphatic heterocycles. The van der Waals surface area contributed by atoms with Crippen molar-refractivity contribution in [3.63, 3.8) is 0 Å². The second-order valence-corrected chi connectivity index (χ2v) is 6.43. The van der Waals surface area contributed by atoms with E-state index in [9.17, 15) is 26.7 Å². The lowest BCUT2D eigenvalue weighted by atomic mass is 10.2. The van der Waals surface area contributed by atoms with Crippen LogP contribution in [-0.4, -0.2) is 45.3 Å². The van der Waals surface area contributed by atoms with Crippen molar-refractivity contribution in [2.45, 2.75) is 6.61 Å². The van der Waals surface area contributed by atoms with E-state index in [-0.39, 0.29) is 6.61 Å². The van der Waals surface area contributed by atoms with E-state index in [1.807, 2.05) is 30.9 Å². The van der Waals surface area contributed by atoms with Gasteiger partial charge in [-0.05, 0) is 31.8 Å². The first-order chi connectivity index (χ1) is 13.6. The van der Waals surface area contributed by atoms with Gasteiger partial charge in [-0.2, -0.15) is 8.78 Å². The van der Waals surface area contributed by atoms with Gasteiger partial charge in [0.15, 0.2) is 0 Å². The average molecular weight is 418 g/mol. The molecule has 0 aliphatic carbocycles. The molecule has 158 valence electrons. The number of ether oxygens (including phenoxy) is 2. The summed E-state index contributed by atoms with van der Waals surface area (Å²) in [6, 6.07) is 6.88. The molecule has 0 saturated carbocycles. The largest absolute Gasteiger partial charge is 0.514 e. The summed E-state index contributed by atoms with van der Waals surface area (Å²) < 4.78 is 75.0. The topological polar surface area (TPSA) is 42.0 Å². The van der Waals surface area contributed by atoms with Crippen molar-refractivity contribution < 1.29 is 36.2 Å². The minimum Gasteiger partial charge on any atom is -0.429 e. The van der Waals surface area contributed by atoms with Crippen molar-refractivity contribution in [3.8, 4) is 5.75 Å². The van der Waals surface area contributed by atoms with E-state index < -0.39 is 41.0 Å². The van der Waals surface area contributed by atoms with Crippen molar-refractivity contribution in [3.05, 3.63) is 58.9 Å². The van der Waals surface area contributed by atoms with E-state index in [4.69, 9.17) is 0 Å². The van der Waals surface area contributed by atoms with Crippen LogP contribution in [0.1, 0.15) is 5.56 Å². The SMILES string of the molecule is CN(C)CCN(C)c1ccc(COC(=O)Oc2c(F)c(F)c(F)c(F)c2F)cc1. The molecule has 2 rings (SSSR count). The van der Waals surface area contributed by atoms with Crippen LogP contribution in [0.15, 0.2) is 24.3 Å². The standard InChI is InChI=1S/C19H19F5N2O3/c1-25(2)8-9-26(3)12-6-4-11(5-7-12)10-28-19(27)29-18-16(23)14(21)13(20)15(22)17(18)24/h4-7H,8-10H2,1-3H3. The molecule has 0 fully saturated rings. The molecule has 29 heavy (non-hydrogen) atoms. The molecule has 0 heterocycles. The van der Waals surface area contributed by atoms with E-state index >= 15 is 0 Å². The van der Waals surface area contributed by atoms with Gasteiger partial charge < -0.3 is 19.3 Å². The number of nitrogens with zero attached hydrogens (tertiary/aromatic N) is 2. The number of hydrogen-bond donors (Lipinski definition) is 0. The Kier molecular flexibility index (Phi) is 7.38. The monoisotopic (exact) mass is 418 g/mol. The fourth-order valence-electron chi connectivity index (χ4n) is 2.26. The quantitative estimate of drug-likeness (QED) is 0.223. The third-order valence-electron chi connectivity index (χ3n) is 3.97. The molecular weight excluding hydrogens is 399 g/mol. The van der Waals surface area contributed by atoms with E-state index in [0.717, 1.165) is 18.8 Å². The van der Waals surface area contributed by atoms with Crippen LogP contribution in [0.5, 0.6) is 5.75 Å². The predicted octanol–water partition coefficient (Wildman–Crippen LogP) is 4.10. The number of carbonyl (C=O) groups excluding carboxylic acids is 1. The molecular formula is C19H19F5N2O3. The number of rotatable bonds is 7. The number of halogens is 5. The van der Waals surface area contributed by atoms with Gasteiger partial charge in [0.25, 0.3) is 0 Å². The Hall–Kier alpha value is -2.88. The van der Waals surface area contributed by atoms with Gasteiger partial charge in [-0.3, -0.25) is 0 Å². The van der Waals surface area contributed by atoms with Gasteiger partial charge in [0.05, 0.1) is 0 Å². The first-order valence-corrected chi connectivity index (χ1v) is 8.42. The fourth-order valence-corrected chi connectivity index (χ4v) is 2.26. The zero-order valence-electron chi connectivity index (χ0n) is 15.9. The van der Waals surface area contributed by atoms with E-state index in [2.05, 4.69) is 9.47 Å². The van der Waals surface area contributed by atoms with Gasteiger partial charge in [-0.25, -0.2) is 18.0 Å². The van der Waals surface area contributed by atoms with Gasteiger partial charge >= 0.3 is 6.16 Å². The van der Waals surface area contributed by atoms with Crippen LogP contribution in [0.25, 0.3) is 0 Å². The van der Waals surface area contributed by atoms with Crippen LogP contribution < -0.4 is 9.64 Å². The zero-order chi connectivity index (χ0) is 21.7. The van der Waals surface area contributed by atoms with Gasteiger partial charge in [-0.15, -0.1) is 0 Å². The van der Waals surface area contributed by atoms with Gasteiger partial charge in [-0.1, -0.05) is 12.1 Å². The lowest BCUT2D eigenvalue weighted by Gasteiger charge is -2.21. The third-order valence-corrected chi connectivity index (χ3v) is 3.97. The highest BCUT2D eigenvalue weighted by atomic mass is 19.2. The maximum absolute atomic E-state index is 13.5. The summed E-state index contributed by atoms with van der Waals surface area (Å²) in [6.45, 7) is 1.32. The second-order valence-electron chi connectivity index (χ2n) is 6.43. The first-order valence-electron chi connectivity index (χ1n) is 8.42. The molecule has 0 unspecified atom stereocenters. The Morgan fingerprint density at radius 3 is 1.86 bits per heavy atom. The summed E-state index contributed by atoms with van der Waals surface area (Å²) in [4.78, 5) is 15.6. The normalized spacial score (nSPS) is 10.9. The zero-order valence-corrected chi connectivity index (χ0v) is 15.9. The van der Waals surface area contributed by atoms with E-state index in [0.29, 0.717) is 5.56 Å². The number of likely N-dealkylation sites (N-methyl/N-ethyl adjacent to an activating group) is 2. The van der Waals surface area contributed by atoms with E-state index in [1.54, 1.807) is 24.3 Å². The van der Waals surface area contributed by atoms with Crippen molar-refractivity contribution in [1.29, 1.82) is 0 Å². The summed E-state index contributed by atoms with van der Waals surface area (Å²) >= 11 is 0. The molecule has 2 aromatic rings. The van der Waals surface area contributed by atoms with Crippen LogP contribution in [-0.2, 0) is 11.3 Å². The number of benzene rings is 2. The first kappa shape index (κ1) is 22.4. The molecule has 0 spiro atoms. The average Bonchev–Trinajstić information content (AvgIpc) is 2.71. The van der Waals surface area contributed by atoms with Gasteiger partial charge in [0.2, 0.25) is 34.8 Å². The van der Waals surface area contributed by atoms with Crippen LogP contribution >= 0.6 is 0 Å². The van der Waals surface area contributed by atoms with Crippen molar-refractivity contribution in [2.75, 3.05) is 39.1 Å². The van der Waals surface area contributed by atoms with Crippen molar-refractivity contribution in [1.82, 2.24) is 4.90 Å². The highest BCUT2D eigenvalue weighted by molar-refractivity contribution is 5.64. The molecule has 0 saturated heterocycles. The molecule has 0 radical (unpaired) electrons. The highest BCUT2D eigenvalue weighted by Crippen LogP contribution is 2.29. The summed E-state index contributed by atoms with van der Waals surface area (Å²) in [5, 5.41) is 0. The minimum atomic E-state index is -2.35. The Morgan fingerprint density at radius 2 is 1.34 bits per heavy atom. The molecule has 0 amide bonds. The maximum Gasteiger partial charge on any atom is 0.514 e. The predicted molar refractivity (Wildman–Crippen MR) is 95.3 cm³/mol. The lowest BCUT2D eigenvalue weighted by Crippen LogP contribution is -2.28. The van der Waals surface area contributed by atoms with Gasteiger partial charge in [0.1, 0.15) is 6.61 Å². The molecule has 0 N–H and O–H groups in total. The summed E-state index contributed by atoms with van der Waals surface area (Å²) in [5.74, 6) is -13.0. The van der Waals surface area contributed by atoms with Crippen LogP contribution in [0.3, 0.4) is 0 Å². The maximum atomic E-state index is 13.5. The molecule has 2 aromatic carbocycles. The molecule has 5 nitrogen and oxygen atoms in total. The molecule has 0 aromatic heterocycles. The Balaban J connectivity index is 1.97. The number of hydrogen-bond acceptors (Lipinski definition) is 5. The van der Waals surface area contributed by atoms with Crippen molar-refractivity contribution >= 4 is 11.8 Å². The Morgan fingerprint density at radius 1 is 0.828 bits per heavy atom. The molecule has 10 heteroatoms. The fraction of sp³-hybridized carbons (Fsp3) is 0.316. The van der Waals surface area contributed by atoms with Crippen LogP contribution in [0, 0.1) is 29.1 Å². The van der Waals surface area contributed by atoms with Gasteiger partial charge in [0, 0.05) is 25.8 Å². The molecule has 0 aliphatic rings. The Labute approximate surface area is 164 Å². The van der Waals surface area contributed by atoms with Crippen LogP contribution in [0.2, 0.25) is 0 Å². The molecule has 0 atom stereocenters.